The van der Waals surface area contributed by atoms with Gasteiger partial charge in [-0.15, -0.1) is 0 Å². The molecule has 0 bridgehead atoms. The fourth-order valence-corrected chi connectivity index (χ4v) is 3.73. The number of hydrogen-bond acceptors (Lipinski definition) is 4. The van der Waals surface area contributed by atoms with Crippen molar-refractivity contribution in [1.29, 1.82) is 0 Å². The van der Waals surface area contributed by atoms with Crippen molar-refractivity contribution in [2.75, 3.05) is 26.0 Å². The number of ether oxygens (including phenoxy) is 1. The number of nitrogens with zero attached hydrogens (tertiary/aromatic N) is 1. The van der Waals surface area contributed by atoms with Crippen molar-refractivity contribution >= 4 is 15.7 Å². The van der Waals surface area contributed by atoms with Crippen LogP contribution in [0.2, 0.25) is 0 Å². The Morgan fingerprint density at radius 2 is 1.84 bits per heavy atom. The molecule has 1 aliphatic rings. The number of carbonyl (C=O) groups is 1. The molecule has 0 spiro atoms. The van der Waals surface area contributed by atoms with Crippen molar-refractivity contribution in [2.45, 2.75) is 11.0 Å². The second kappa shape index (κ2) is 6.93. The predicted molar refractivity (Wildman–Crippen MR) is 90.5 cm³/mol. The second-order valence-corrected chi connectivity index (χ2v) is 7.91. The Morgan fingerprint density at radius 1 is 1.16 bits per heavy atom. The Hall–Kier alpha value is -2.25. The number of rotatable bonds is 3. The smallest absolute Gasteiger partial charge is 0.255 e. The Bertz CT molecular complexity index is 880. The van der Waals surface area contributed by atoms with Gasteiger partial charge in [-0.1, -0.05) is 24.3 Å². The van der Waals surface area contributed by atoms with Crippen LogP contribution in [-0.2, 0) is 14.6 Å². The molecule has 3 rings (SSSR count). The van der Waals surface area contributed by atoms with E-state index in [0.717, 1.165) is 11.8 Å². The van der Waals surface area contributed by atoms with E-state index in [4.69, 9.17) is 4.74 Å². The summed E-state index contributed by atoms with van der Waals surface area (Å²) in [7, 11) is -3.51. The van der Waals surface area contributed by atoms with E-state index < -0.39 is 9.84 Å². The van der Waals surface area contributed by atoms with Gasteiger partial charge in [-0.3, -0.25) is 4.79 Å². The van der Waals surface area contributed by atoms with Crippen LogP contribution in [0.5, 0.6) is 0 Å². The van der Waals surface area contributed by atoms with Crippen LogP contribution in [-0.4, -0.2) is 45.2 Å². The zero-order chi connectivity index (χ0) is 18.0. The summed E-state index contributed by atoms with van der Waals surface area (Å²) in [4.78, 5) is 14.4. The third-order valence-electron chi connectivity index (χ3n) is 4.11. The van der Waals surface area contributed by atoms with Crippen molar-refractivity contribution in [3.05, 3.63) is 65.5 Å². The lowest BCUT2D eigenvalue weighted by atomic mass is 10.1. The minimum Gasteiger partial charge on any atom is -0.370 e. The zero-order valence-corrected chi connectivity index (χ0v) is 14.5. The molecule has 0 N–H and O–H groups in total. The minimum absolute atomic E-state index is 0.0184. The number of morpholine rings is 1. The van der Waals surface area contributed by atoms with Crippen LogP contribution < -0.4 is 0 Å². The molecule has 2 aromatic carbocycles. The zero-order valence-electron chi connectivity index (χ0n) is 13.7. The van der Waals surface area contributed by atoms with Crippen LogP contribution in [0.1, 0.15) is 22.0 Å². The Kier molecular flexibility index (Phi) is 4.87. The highest BCUT2D eigenvalue weighted by Gasteiger charge is 2.28. The van der Waals surface area contributed by atoms with Crippen molar-refractivity contribution < 1.29 is 22.3 Å². The maximum absolute atomic E-state index is 13.1. The van der Waals surface area contributed by atoms with Crippen LogP contribution in [0.4, 0.5) is 4.39 Å². The lowest BCUT2D eigenvalue weighted by molar-refractivity contribution is -0.0229. The molecule has 0 aliphatic carbocycles. The Labute approximate surface area is 145 Å². The van der Waals surface area contributed by atoms with Gasteiger partial charge in [0.15, 0.2) is 9.84 Å². The third-order valence-corrected chi connectivity index (χ3v) is 5.27. The fraction of sp³-hybridized carbons (Fsp3) is 0.278. The molecule has 1 amide bonds. The Balaban J connectivity index is 1.85. The second-order valence-electron chi connectivity index (χ2n) is 5.93. The summed E-state index contributed by atoms with van der Waals surface area (Å²) in [6.45, 7) is 0.978. The van der Waals surface area contributed by atoms with Crippen LogP contribution in [0.3, 0.4) is 0 Å². The molecule has 5 nitrogen and oxygen atoms in total. The number of hydrogen-bond donors (Lipinski definition) is 0. The SMILES string of the molecule is CS(=O)(=O)c1ccccc1C(=O)N1CCOC(c2ccc(F)cc2)C1. The normalized spacial score (nSPS) is 18.2. The van der Waals surface area contributed by atoms with E-state index in [1.165, 1.54) is 24.3 Å². The minimum atomic E-state index is -3.51. The molecular weight excluding hydrogens is 345 g/mol. The number of carbonyl (C=O) groups excluding carboxylic acids is 1. The molecule has 25 heavy (non-hydrogen) atoms. The van der Waals surface area contributed by atoms with Crippen LogP contribution in [0.15, 0.2) is 53.4 Å². The van der Waals surface area contributed by atoms with E-state index in [9.17, 15) is 17.6 Å². The maximum Gasteiger partial charge on any atom is 0.255 e. The molecule has 2 aromatic rings. The molecule has 0 saturated carbocycles. The van der Waals surface area contributed by atoms with Gasteiger partial charge in [0, 0.05) is 12.8 Å². The lowest BCUT2D eigenvalue weighted by Gasteiger charge is -2.33. The first kappa shape index (κ1) is 17.6. The van der Waals surface area contributed by atoms with Gasteiger partial charge in [-0.25, -0.2) is 12.8 Å². The molecule has 1 fully saturated rings. The molecule has 132 valence electrons. The van der Waals surface area contributed by atoms with Crippen molar-refractivity contribution in [2.24, 2.45) is 0 Å². The van der Waals surface area contributed by atoms with Gasteiger partial charge in [-0.2, -0.15) is 0 Å². The summed E-state index contributed by atoms with van der Waals surface area (Å²) >= 11 is 0. The number of benzene rings is 2. The average Bonchev–Trinajstić information content (AvgIpc) is 2.61. The third kappa shape index (κ3) is 3.88. The van der Waals surface area contributed by atoms with E-state index in [-0.39, 0.29) is 34.8 Å². The summed E-state index contributed by atoms with van der Waals surface area (Å²) in [5.41, 5.74) is 0.931. The standard InChI is InChI=1S/C18H18FNO4S/c1-25(22,23)17-5-3-2-4-15(17)18(21)20-10-11-24-16(12-20)13-6-8-14(19)9-7-13/h2-9,16H,10-12H2,1H3. The van der Waals surface area contributed by atoms with Crippen LogP contribution >= 0.6 is 0 Å². The lowest BCUT2D eigenvalue weighted by Crippen LogP contribution is -2.42. The van der Waals surface area contributed by atoms with E-state index in [1.807, 2.05) is 0 Å². The largest absolute Gasteiger partial charge is 0.370 e. The monoisotopic (exact) mass is 363 g/mol. The van der Waals surface area contributed by atoms with Crippen LogP contribution in [0.25, 0.3) is 0 Å². The van der Waals surface area contributed by atoms with Crippen LogP contribution in [0, 0.1) is 5.82 Å². The highest BCUT2D eigenvalue weighted by Crippen LogP contribution is 2.25. The molecular formula is C18H18FNO4S. The molecule has 1 heterocycles. The molecule has 7 heteroatoms. The highest BCUT2D eigenvalue weighted by atomic mass is 32.2. The molecule has 1 saturated heterocycles. The van der Waals surface area contributed by atoms with Gasteiger partial charge in [0.25, 0.3) is 5.91 Å². The summed E-state index contributed by atoms with van der Waals surface area (Å²) in [6.07, 6.45) is 0.712. The topological polar surface area (TPSA) is 63.7 Å². The summed E-state index contributed by atoms with van der Waals surface area (Å²) in [6, 6.07) is 12.1. The molecule has 1 aliphatic heterocycles. The maximum atomic E-state index is 13.1. The first-order valence-electron chi connectivity index (χ1n) is 7.81. The van der Waals surface area contributed by atoms with Gasteiger partial charge in [-0.05, 0) is 29.8 Å². The first-order valence-corrected chi connectivity index (χ1v) is 9.71. The van der Waals surface area contributed by atoms with Crippen molar-refractivity contribution in [3.63, 3.8) is 0 Å². The molecule has 1 unspecified atom stereocenters. The van der Waals surface area contributed by atoms with Gasteiger partial charge < -0.3 is 9.64 Å². The van der Waals surface area contributed by atoms with Crippen molar-refractivity contribution in [1.82, 2.24) is 4.90 Å². The van der Waals surface area contributed by atoms with Crippen molar-refractivity contribution in [3.8, 4) is 0 Å². The summed E-state index contributed by atoms with van der Waals surface area (Å²) < 4.78 is 42.6. The van der Waals surface area contributed by atoms with Gasteiger partial charge >= 0.3 is 0 Å². The molecule has 0 aromatic heterocycles. The fourth-order valence-electron chi connectivity index (χ4n) is 2.85. The number of amides is 1. The highest BCUT2D eigenvalue weighted by molar-refractivity contribution is 7.90. The Morgan fingerprint density at radius 3 is 2.52 bits per heavy atom. The van der Waals surface area contributed by atoms with Gasteiger partial charge in [0.1, 0.15) is 11.9 Å². The van der Waals surface area contributed by atoms with E-state index in [0.29, 0.717) is 13.2 Å². The number of halogens is 1. The van der Waals surface area contributed by atoms with E-state index in [2.05, 4.69) is 0 Å². The first-order chi connectivity index (χ1) is 11.9. The van der Waals surface area contributed by atoms with E-state index >= 15 is 0 Å². The van der Waals surface area contributed by atoms with Gasteiger partial charge in [0.05, 0.1) is 23.6 Å². The summed E-state index contributed by atoms with van der Waals surface area (Å²) in [5.74, 6) is -0.689. The average molecular weight is 363 g/mol. The molecule has 1 atom stereocenters. The van der Waals surface area contributed by atoms with E-state index in [1.54, 1.807) is 29.2 Å². The summed E-state index contributed by atoms with van der Waals surface area (Å²) in [5, 5.41) is 0. The molecule has 0 radical (unpaired) electrons. The van der Waals surface area contributed by atoms with Gasteiger partial charge in [0.2, 0.25) is 0 Å². The predicted octanol–water partition coefficient (Wildman–Crippen LogP) is 2.44. The number of sulfone groups is 1. The quantitative estimate of drug-likeness (QED) is 0.840.